The smallest absolute Gasteiger partial charge is 0.302 e. The Morgan fingerprint density at radius 1 is 0.541 bits per heavy atom. The first-order chi connectivity index (χ1) is 16.4. The Kier molecular flexibility index (Phi) is 8.45. The molecule has 10 atom stereocenters. The maximum atomic E-state index is 13.8. The average molecular weight is 541 g/mol. The summed E-state index contributed by atoms with van der Waals surface area (Å²) in [4.78, 5) is 11.3. The van der Waals surface area contributed by atoms with Crippen molar-refractivity contribution in [2.45, 2.75) is 129 Å². The highest BCUT2D eigenvalue weighted by atomic mass is 31.2. The first-order valence-corrected chi connectivity index (χ1v) is 16.6. The van der Waals surface area contributed by atoms with Gasteiger partial charge in [-0.05, 0) is 87.8 Å². The van der Waals surface area contributed by atoms with Gasteiger partial charge in [0.1, 0.15) is 0 Å². The van der Waals surface area contributed by atoms with E-state index in [1.54, 1.807) is 0 Å². The Hall–Kier alpha value is 0.110. The minimum Gasteiger partial charge on any atom is -0.302 e. The van der Waals surface area contributed by atoms with Gasteiger partial charge in [-0.3, -0.25) is 9.05 Å². The minimum absolute atomic E-state index is 0.0368. The standard InChI is InChI=1S/C32H61O4P/c1-18-21(29(4,5)6)16-23(31(10,11)12)27-25(18)20(3)26-19(2)22(30(7,8)9)17-24(32(13,14)15)28(26)36-37(33,34)35-27/h18-28H,16-17H2,1-15H3,(H,33,34). The Balaban J connectivity index is 2.23. The second-order valence-corrected chi connectivity index (χ2v) is 19.1. The van der Waals surface area contributed by atoms with Crippen LogP contribution in [0.5, 0.6) is 0 Å². The van der Waals surface area contributed by atoms with Crippen LogP contribution >= 0.6 is 7.82 Å². The van der Waals surface area contributed by atoms with Gasteiger partial charge in [0.25, 0.3) is 0 Å². The van der Waals surface area contributed by atoms with Crippen molar-refractivity contribution in [3.05, 3.63) is 0 Å². The highest BCUT2D eigenvalue weighted by Crippen LogP contribution is 2.65. The van der Waals surface area contributed by atoms with Crippen LogP contribution in [0.4, 0.5) is 0 Å². The molecule has 1 N–H and O–H groups in total. The normalized spacial score (nSPS) is 46.4. The molecule has 0 aromatic rings. The monoisotopic (exact) mass is 540 g/mol. The molecule has 2 aliphatic carbocycles. The van der Waals surface area contributed by atoms with Gasteiger partial charge in [-0.2, -0.15) is 0 Å². The second kappa shape index (κ2) is 9.88. The first kappa shape index (κ1) is 31.6. The van der Waals surface area contributed by atoms with Crippen LogP contribution in [0.25, 0.3) is 0 Å². The summed E-state index contributed by atoms with van der Waals surface area (Å²) in [7, 11) is -4.25. The second-order valence-electron chi connectivity index (χ2n) is 17.7. The zero-order chi connectivity index (χ0) is 28.7. The van der Waals surface area contributed by atoms with Gasteiger partial charge in [-0.1, -0.05) is 104 Å². The maximum Gasteiger partial charge on any atom is 0.472 e. The molecule has 0 aromatic carbocycles. The molecule has 2 saturated carbocycles. The largest absolute Gasteiger partial charge is 0.472 e. The van der Waals surface area contributed by atoms with E-state index < -0.39 is 7.82 Å². The van der Waals surface area contributed by atoms with E-state index >= 15 is 0 Å². The number of phosphoric ester groups is 1. The molecule has 218 valence electrons. The van der Waals surface area contributed by atoms with E-state index in [9.17, 15) is 9.46 Å². The van der Waals surface area contributed by atoms with E-state index in [4.69, 9.17) is 9.05 Å². The van der Waals surface area contributed by atoms with Gasteiger partial charge in [0.05, 0.1) is 12.2 Å². The molecule has 1 heterocycles. The fraction of sp³-hybridized carbons (Fsp3) is 1.00. The molecule has 3 fully saturated rings. The van der Waals surface area contributed by atoms with Crippen LogP contribution in [0.2, 0.25) is 0 Å². The Morgan fingerprint density at radius 3 is 1.05 bits per heavy atom. The van der Waals surface area contributed by atoms with Gasteiger partial charge in [-0.15, -0.1) is 0 Å². The van der Waals surface area contributed by atoms with Crippen LogP contribution in [-0.4, -0.2) is 17.1 Å². The summed E-state index contributed by atoms with van der Waals surface area (Å²) in [6.07, 6.45) is 1.47. The maximum absolute atomic E-state index is 13.8. The first-order valence-electron chi connectivity index (χ1n) is 15.1. The third kappa shape index (κ3) is 6.23. The van der Waals surface area contributed by atoms with E-state index in [0.717, 1.165) is 12.8 Å². The molecule has 0 spiro atoms. The molecule has 1 aliphatic heterocycles. The van der Waals surface area contributed by atoms with Crippen molar-refractivity contribution < 1.29 is 18.5 Å². The molecule has 3 aliphatic rings. The van der Waals surface area contributed by atoms with E-state index in [2.05, 4.69) is 104 Å². The number of rotatable bonds is 0. The predicted octanol–water partition coefficient (Wildman–Crippen LogP) is 9.47. The van der Waals surface area contributed by atoms with Crippen molar-refractivity contribution in [1.29, 1.82) is 0 Å². The lowest BCUT2D eigenvalue weighted by atomic mass is 9.48. The lowest BCUT2D eigenvalue weighted by molar-refractivity contribution is -0.179. The van der Waals surface area contributed by atoms with Crippen molar-refractivity contribution in [2.24, 2.45) is 74.9 Å². The van der Waals surface area contributed by atoms with Crippen LogP contribution < -0.4 is 0 Å². The Labute approximate surface area is 230 Å². The predicted molar refractivity (Wildman–Crippen MR) is 155 cm³/mol. The summed E-state index contributed by atoms with van der Waals surface area (Å²) in [6.45, 7) is 35.1. The highest BCUT2D eigenvalue weighted by Gasteiger charge is 2.61. The highest BCUT2D eigenvalue weighted by molar-refractivity contribution is 7.47. The van der Waals surface area contributed by atoms with E-state index in [0.29, 0.717) is 29.6 Å². The number of phosphoric acid groups is 1. The lowest BCUT2D eigenvalue weighted by Gasteiger charge is -2.61. The molecule has 5 heteroatoms. The van der Waals surface area contributed by atoms with Gasteiger partial charge in [0, 0.05) is 0 Å². The van der Waals surface area contributed by atoms with Crippen LogP contribution in [0.15, 0.2) is 0 Å². The average Bonchev–Trinajstić information content (AvgIpc) is 2.62. The zero-order valence-corrected chi connectivity index (χ0v) is 27.8. The zero-order valence-electron chi connectivity index (χ0n) is 26.9. The summed E-state index contributed by atoms with van der Waals surface area (Å²) in [6, 6.07) is 0. The van der Waals surface area contributed by atoms with Gasteiger partial charge >= 0.3 is 7.82 Å². The van der Waals surface area contributed by atoms with Gasteiger partial charge in [0.15, 0.2) is 0 Å². The molecule has 0 bridgehead atoms. The SMILES string of the molecule is CC1C2C(C)C(C(C)(C)C)CC(C(C)(C)C)C2OP(=O)(O)OC2C1C(C)C(C(C)(C)C)CC2C(C)(C)C. The fourth-order valence-electron chi connectivity index (χ4n) is 9.33. The van der Waals surface area contributed by atoms with Crippen molar-refractivity contribution in [3.8, 4) is 0 Å². The minimum atomic E-state index is -4.25. The molecule has 0 radical (unpaired) electrons. The summed E-state index contributed by atoms with van der Waals surface area (Å²) >= 11 is 0. The third-order valence-electron chi connectivity index (χ3n) is 11.2. The van der Waals surface area contributed by atoms with E-state index in [1.807, 2.05) is 0 Å². The van der Waals surface area contributed by atoms with E-state index in [-0.39, 0.29) is 57.5 Å². The topological polar surface area (TPSA) is 55.8 Å². The Bertz CT molecular complexity index is 788. The molecule has 10 unspecified atom stereocenters. The van der Waals surface area contributed by atoms with Crippen LogP contribution in [-0.2, 0) is 13.6 Å². The molecule has 0 aromatic heterocycles. The molecule has 0 amide bonds. The summed E-state index contributed by atoms with van der Waals surface area (Å²) in [5, 5.41) is 0. The van der Waals surface area contributed by atoms with Crippen molar-refractivity contribution in [1.82, 2.24) is 0 Å². The van der Waals surface area contributed by atoms with Crippen LogP contribution in [0, 0.1) is 74.9 Å². The lowest BCUT2D eigenvalue weighted by Crippen LogP contribution is -2.59. The van der Waals surface area contributed by atoms with Gasteiger partial charge in [-0.25, -0.2) is 4.57 Å². The molecular weight excluding hydrogens is 479 g/mol. The van der Waals surface area contributed by atoms with Crippen LogP contribution in [0.1, 0.15) is 117 Å². The molecule has 1 saturated heterocycles. The number of hydrogen-bond donors (Lipinski definition) is 1. The number of fused-ring (bicyclic) bond motifs is 2. The Morgan fingerprint density at radius 2 is 0.811 bits per heavy atom. The molecule has 37 heavy (non-hydrogen) atoms. The number of hydrogen-bond acceptors (Lipinski definition) is 3. The van der Waals surface area contributed by atoms with Crippen molar-refractivity contribution >= 4 is 7.82 Å². The summed E-state index contributed by atoms with van der Waals surface area (Å²) < 4.78 is 26.6. The quantitative estimate of drug-likeness (QED) is 0.311. The molecule has 3 rings (SSSR count). The third-order valence-corrected chi connectivity index (χ3v) is 12.2. The van der Waals surface area contributed by atoms with Crippen molar-refractivity contribution in [2.75, 3.05) is 0 Å². The summed E-state index contributed by atoms with van der Waals surface area (Å²) in [5.41, 5.74) is 0.250. The van der Waals surface area contributed by atoms with Crippen molar-refractivity contribution in [3.63, 3.8) is 0 Å². The molecule has 4 nitrogen and oxygen atoms in total. The fourth-order valence-corrected chi connectivity index (χ4v) is 10.6. The van der Waals surface area contributed by atoms with E-state index in [1.165, 1.54) is 0 Å². The van der Waals surface area contributed by atoms with Gasteiger partial charge in [0.2, 0.25) is 0 Å². The molecular formula is C32H61O4P. The summed E-state index contributed by atoms with van der Waals surface area (Å²) in [5.74, 6) is 2.97. The van der Waals surface area contributed by atoms with Gasteiger partial charge < -0.3 is 4.89 Å². The van der Waals surface area contributed by atoms with Crippen LogP contribution in [0.3, 0.4) is 0 Å².